The summed E-state index contributed by atoms with van der Waals surface area (Å²) in [5, 5.41) is 5.56. The summed E-state index contributed by atoms with van der Waals surface area (Å²) in [5.41, 5.74) is 4.86. The van der Waals surface area contributed by atoms with E-state index in [4.69, 9.17) is 0 Å². The van der Waals surface area contributed by atoms with Crippen molar-refractivity contribution in [2.45, 2.75) is 20.4 Å². The number of carbonyl (C=O) groups is 1. The third-order valence-corrected chi connectivity index (χ3v) is 3.52. The molecule has 0 bridgehead atoms. The number of amidine groups is 1. The van der Waals surface area contributed by atoms with Crippen molar-refractivity contribution >= 4 is 17.6 Å². The fraction of sp³-hybridized carbons (Fsp3) is 0.188. The van der Waals surface area contributed by atoms with Crippen LogP contribution in [0.1, 0.15) is 22.4 Å². The van der Waals surface area contributed by atoms with Crippen LogP contribution in [0.3, 0.4) is 0 Å². The number of nitrogens with zero attached hydrogens (tertiary/aromatic N) is 2. The first-order valence-electron chi connectivity index (χ1n) is 6.77. The summed E-state index contributed by atoms with van der Waals surface area (Å²) in [7, 11) is 0. The number of amides is 2. The maximum atomic E-state index is 12.0. The molecule has 0 spiro atoms. The highest BCUT2D eigenvalue weighted by atomic mass is 16.2. The Labute approximate surface area is 123 Å². The van der Waals surface area contributed by atoms with Crippen molar-refractivity contribution in [3.63, 3.8) is 0 Å². The molecule has 1 aliphatic rings. The van der Waals surface area contributed by atoms with Crippen molar-refractivity contribution in [2.75, 3.05) is 5.32 Å². The number of rotatable bonds is 1. The van der Waals surface area contributed by atoms with Gasteiger partial charge >= 0.3 is 6.03 Å². The first-order valence-corrected chi connectivity index (χ1v) is 6.77. The van der Waals surface area contributed by atoms with E-state index in [2.05, 4.69) is 20.6 Å². The SMILES string of the molecule is Cc1ccc(NC(=O)NC2=NCc3cccnc32)cc1C. The van der Waals surface area contributed by atoms with Crippen LogP contribution in [0, 0.1) is 13.8 Å². The van der Waals surface area contributed by atoms with Gasteiger partial charge in [0.05, 0.1) is 6.54 Å². The molecule has 0 saturated heterocycles. The molecule has 1 aromatic heterocycles. The van der Waals surface area contributed by atoms with Gasteiger partial charge in [-0.15, -0.1) is 0 Å². The lowest BCUT2D eigenvalue weighted by Gasteiger charge is -2.09. The number of hydrogen-bond acceptors (Lipinski definition) is 3. The lowest BCUT2D eigenvalue weighted by Crippen LogP contribution is -2.34. The Hall–Kier alpha value is -2.69. The van der Waals surface area contributed by atoms with Gasteiger partial charge < -0.3 is 5.32 Å². The van der Waals surface area contributed by atoms with E-state index in [-0.39, 0.29) is 6.03 Å². The zero-order chi connectivity index (χ0) is 14.8. The molecular weight excluding hydrogens is 264 g/mol. The summed E-state index contributed by atoms with van der Waals surface area (Å²) >= 11 is 0. The zero-order valence-corrected chi connectivity index (χ0v) is 12.0. The van der Waals surface area contributed by atoms with Crippen LogP contribution in [0.5, 0.6) is 0 Å². The second-order valence-corrected chi connectivity index (χ2v) is 5.05. The van der Waals surface area contributed by atoms with E-state index in [0.717, 1.165) is 22.5 Å². The van der Waals surface area contributed by atoms with Gasteiger partial charge in [-0.1, -0.05) is 12.1 Å². The topological polar surface area (TPSA) is 66.4 Å². The number of aromatic nitrogens is 1. The predicted octanol–water partition coefficient (Wildman–Crippen LogP) is 2.78. The van der Waals surface area contributed by atoms with Crippen molar-refractivity contribution in [2.24, 2.45) is 4.99 Å². The molecule has 0 radical (unpaired) electrons. The van der Waals surface area contributed by atoms with E-state index < -0.39 is 0 Å². The number of benzene rings is 1. The van der Waals surface area contributed by atoms with Gasteiger partial charge in [0.15, 0.2) is 5.84 Å². The summed E-state index contributed by atoms with van der Waals surface area (Å²) in [5.74, 6) is 0.520. The molecule has 1 aromatic carbocycles. The molecule has 106 valence electrons. The standard InChI is InChI=1S/C16H16N4O/c1-10-5-6-13(8-11(10)2)19-16(21)20-15-14-12(9-18-15)4-3-7-17-14/h3-8H,9H2,1-2H3,(H2,18,19,20,21). The molecule has 3 rings (SSSR count). The number of urea groups is 1. The lowest BCUT2D eigenvalue weighted by molar-refractivity contribution is 0.256. The normalized spacial score (nSPS) is 12.6. The molecule has 2 heterocycles. The average Bonchev–Trinajstić information content (AvgIpc) is 2.86. The van der Waals surface area contributed by atoms with Crippen molar-refractivity contribution in [1.82, 2.24) is 10.3 Å². The Morgan fingerprint density at radius 2 is 2.00 bits per heavy atom. The lowest BCUT2D eigenvalue weighted by atomic mass is 10.1. The summed E-state index contributed by atoms with van der Waals surface area (Å²) in [6.07, 6.45) is 1.70. The van der Waals surface area contributed by atoms with Gasteiger partial charge in [-0.25, -0.2) is 4.79 Å². The van der Waals surface area contributed by atoms with Crippen molar-refractivity contribution in [1.29, 1.82) is 0 Å². The minimum absolute atomic E-state index is 0.310. The predicted molar refractivity (Wildman–Crippen MR) is 82.5 cm³/mol. The highest BCUT2D eigenvalue weighted by molar-refractivity contribution is 6.11. The van der Waals surface area contributed by atoms with Gasteiger partial charge in [-0.3, -0.25) is 15.3 Å². The second kappa shape index (κ2) is 5.36. The minimum atomic E-state index is -0.310. The van der Waals surface area contributed by atoms with Crippen LogP contribution in [-0.4, -0.2) is 16.9 Å². The van der Waals surface area contributed by atoms with Crippen LogP contribution in [-0.2, 0) is 6.54 Å². The molecule has 0 unspecified atom stereocenters. The maximum absolute atomic E-state index is 12.0. The Morgan fingerprint density at radius 1 is 1.14 bits per heavy atom. The Kier molecular flexibility index (Phi) is 3.39. The van der Waals surface area contributed by atoms with Gasteiger partial charge in [0.1, 0.15) is 5.69 Å². The molecule has 1 aliphatic heterocycles. The molecule has 0 fully saturated rings. The van der Waals surface area contributed by atoms with E-state index in [1.54, 1.807) is 6.20 Å². The smallest absolute Gasteiger partial charge is 0.308 e. The molecule has 0 aliphatic carbocycles. The van der Waals surface area contributed by atoms with Crippen molar-refractivity contribution in [3.05, 3.63) is 58.9 Å². The molecule has 5 nitrogen and oxygen atoms in total. The van der Waals surface area contributed by atoms with Crippen LogP contribution >= 0.6 is 0 Å². The summed E-state index contributed by atoms with van der Waals surface area (Å²) in [6.45, 7) is 4.61. The average molecular weight is 280 g/mol. The number of aryl methyl sites for hydroxylation is 2. The number of nitrogens with one attached hydrogen (secondary N) is 2. The fourth-order valence-electron chi connectivity index (χ4n) is 2.21. The van der Waals surface area contributed by atoms with E-state index in [0.29, 0.717) is 12.4 Å². The van der Waals surface area contributed by atoms with Gasteiger partial charge in [0, 0.05) is 17.4 Å². The highest BCUT2D eigenvalue weighted by Crippen LogP contribution is 2.16. The molecule has 2 amide bonds. The number of anilines is 1. The Morgan fingerprint density at radius 3 is 2.81 bits per heavy atom. The third kappa shape index (κ3) is 2.76. The van der Waals surface area contributed by atoms with Crippen LogP contribution in [0.4, 0.5) is 10.5 Å². The zero-order valence-electron chi connectivity index (χ0n) is 12.0. The van der Waals surface area contributed by atoms with Crippen LogP contribution < -0.4 is 10.6 Å². The largest absolute Gasteiger partial charge is 0.324 e. The number of carbonyl (C=O) groups excluding carboxylic acids is 1. The first-order chi connectivity index (χ1) is 10.1. The number of fused-ring (bicyclic) bond motifs is 1. The summed E-state index contributed by atoms with van der Waals surface area (Å²) < 4.78 is 0. The quantitative estimate of drug-likeness (QED) is 0.843. The van der Waals surface area contributed by atoms with E-state index in [9.17, 15) is 4.79 Å². The van der Waals surface area contributed by atoms with Crippen molar-refractivity contribution in [3.8, 4) is 0 Å². The number of aliphatic imine (C=N–C) groups is 1. The van der Waals surface area contributed by atoms with Gasteiger partial charge in [0.2, 0.25) is 0 Å². The molecule has 21 heavy (non-hydrogen) atoms. The van der Waals surface area contributed by atoms with E-state index >= 15 is 0 Å². The van der Waals surface area contributed by atoms with Crippen LogP contribution in [0.2, 0.25) is 0 Å². The van der Waals surface area contributed by atoms with Gasteiger partial charge in [0.25, 0.3) is 0 Å². The van der Waals surface area contributed by atoms with E-state index in [1.807, 2.05) is 44.2 Å². The monoisotopic (exact) mass is 280 g/mol. The third-order valence-electron chi connectivity index (χ3n) is 3.52. The molecular formula is C16H16N4O. The maximum Gasteiger partial charge on any atom is 0.324 e. The van der Waals surface area contributed by atoms with Gasteiger partial charge in [-0.05, 0) is 43.2 Å². The fourth-order valence-corrected chi connectivity index (χ4v) is 2.21. The first kappa shape index (κ1) is 13.3. The summed E-state index contributed by atoms with van der Waals surface area (Å²) in [6, 6.07) is 9.32. The summed E-state index contributed by atoms with van der Waals surface area (Å²) in [4.78, 5) is 20.6. The number of hydrogen-bond donors (Lipinski definition) is 2. The Balaban J connectivity index is 1.69. The second-order valence-electron chi connectivity index (χ2n) is 5.05. The molecule has 2 aromatic rings. The van der Waals surface area contributed by atoms with Crippen LogP contribution in [0.15, 0.2) is 41.5 Å². The Bertz CT molecular complexity index is 737. The molecule has 0 saturated carbocycles. The van der Waals surface area contributed by atoms with Gasteiger partial charge in [-0.2, -0.15) is 0 Å². The highest BCUT2D eigenvalue weighted by Gasteiger charge is 2.18. The van der Waals surface area contributed by atoms with Crippen molar-refractivity contribution < 1.29 is 4.79 Å². The molecule has 2 N–H and O–H groups in total. The number of pyridine rings is 1. The minimum Gasteiger partial charge on any atom is -0.308 e. The van der Waals surface area contributed by atoms with Crippen LogP contribution in [0.25, 0.3) is 0 Å². The van der Waals surface area contributed by atoms with E-state index in [1.165, 1.54) is 5.56 Å². The molecule has 0 atom stereocenters. The molecule has 5 heteroatoms.